The third-order valence-corrected chi connectivity index (χ3v) is 5.48. The molecule has 1 aliphatic rings. The van der Waals surface area contributed by atoms with Crippen LogP contribution in [0.2, 0.25) is 0 Å². The number of carbonyl (C=O) groups excluding carboxylic acids is 3. The summed E-state index contributed by atoms with van der Waals surface area (Å²) in [5, 5.41) is 2.60. The molecule has 1 saturated heterocycles. The fraction of sp³-hybridized carbons (Fsp3) is 0.120. The molecule has 2 heterocycles. The number of thiocarbonyl (C=S) groups is 1. The molecule has 0 saturated carbocycles. The Morgan fingerprint density at radius 1 is 1.06 bits per heavy atom. The Morgan fingerprint density at radius 2 is 1.79 bits per heavy atom. The van der Waals surface area contributed by atoms with Crippen LogP contribution in [0.4, 0.5) is 5.69 Å². The van der Waals surface area contributed by atoms with Gasteiger partial charge in [0.25, 0.3) is 11.8 Å². The monoisotopic (exact) mass is 460 g/mol. The molecule has 2 aromatic carbocycles. The smallest absolute Gasteiger partial charge is 0.337 e. The molecule has 0 aliphatic carbocycles. The van der Waals surface area contributed by atoms with Crippen LogP contribution < -0.4 is 10.2 Å². The van der Waals surface area contributed by atoms with Crippen molar-refractivity contribution in [1.82, 2.24) is 5.32 Å². The molecule has 166 valence electrons. The van der Waals surface area contributed by atoms with E-state index >= 15 is 0 Å². The number of esters is 1. The van der Waals surface area contributed by atoms with Crippen molar-refractivity contribution in [2.75, 3.05) is 12.0 Å². The number of furan rings is 1. The van der Waals surface area contributed by atoms with E-state index in [1.807, 2.05) is 26.0 Å². The number of nitrogens with one attached hydrogen (secondary N) is 1. The Bertz CT molecular complexity index is 1320. The number of carbonyl (C=O) groups is 3. The number of hydrogen-bond acceptors (Lipinski definition) is 6. The van der Waals surface area contributed by atoms with E-state index in [0.29, 0.717) is 22.8 Å². The summed E-state index contributed by atoms with van der Waals surface area (Å²) < 4.78 is 10.5. The summed E-state index contributed by atoms with van der Waals surface area (Å²) >= 11 is 5.27. The molecule has 8 heteroatoms. The van der Waals surface area contributed by atoms with Crippen molar-refractivity contribution >= 4 is 46.9 Å². The number of hydrogen-bond donors (Lipinski definition) is 1. The SMILES string of the molecule is COC(=O)c1ccc(-c2ccc(/C=C3\C(=O)NC(=S)N(c4ccc(C)cc4C)C3=O)o2)cc1. The third kappa shape index (κ3) is 4.33. The van der Waals surface area contributed by atoms with Crippen molar-refractivity contribution in [1.29, 1.82) is 0 Å². The second-order valence-electron chi connectivity index (χ2n) is 7.52. The van der Waals surface area contributed by atoms with Crippen LogP contribution >= 0.6 is 12.2 Å². The average molecular weight is 461 g/mol. The molecule has 0 radical (unpaired) electrons. The maximum absolute atomic E-state index is 13.2. The van der Waals surface area contributed by atoms with Gasteiger partial charge in [-0.25, -0.2) is 4.79 Å². The minimum atomic E-state index is -0.591. The van der Waals surface area contributed by atoms with Crippen molar-refractivity contribution in [2.24, 2.45) is 0 Å². The zero-order valence-electron chi connectivity index (χ0n) is 18.2. The fourth-order valence-corrected chi connectivity index (χ4v) is 3.82. The van der Waals surface area contributed by atoms with Crippen molar-refractivity contribution in [3.8, 4) is 11.3 Å². The Kier molecular flexibility index (Phi) is 5.93. The minimum Gasteiger partial charge on any atom is -0.465 e. The van der Waals surface area contributed by atoms with E-state index in [-0.39, 0.29) is 10.7 Å². The van der Waals surface area contributed by atoms with Gasteiger partial charge >= 0.3 is 5.97 Å². The summed E-state index contributed by atoms with van der Waals surface area (Å²) in [4.78, 5) is 38.7. The molecular formula is C25H20N2O5S. The maximum Gasteiger partial charge on any atom is 0.337 e. The van der Waals surface area contributed by atoms with Crippen molar-refractivity contribution in [3.63, 3.8) is 0 Å². The summed E-state index contributed by atoms with van der Waals surface area (Å²) in [6.07, 6.45) is 1.39. The number of amides is 2. The fourth-order valence-electron chi connectivity index (χ4n) is 3.55. The first-order valence-electron chi connectivity index (χ1n) is 10.1. The molecule has 1 fully saturated rings. The second kappa shape index (κ2) is 8.84. The van der Waals surface area contributed by atoms with Gasteiger partial charge in [-0.3, -0.25) is 19.8 Å². The maximum atomic E-state index is 13.2. The van der Waals surface area contributed by atoms with Gasteiger partial charge in [0, 0.05) is 5.56 Å². The molecule has 0 bridgehead atoms. The van der Waals surface area contributed by atoms with Gasteiger partial charge < -0.3 is 9.15 Å². The zero-order chi connectivity index (χ0) is 23.7. The highest BCUT2D eigenvalue weighted by atomic mass is 32.1. The van der Waals surface area contributed by atoms with Gasteiger partial charge in [0.15, 0.2) is 5.11 Å². The quantitative estimate of drug-likeness (QED) is 0.272. The Labute approximate surface area is 195 Å². The van der Waals surface area contributed by atoms with Gasteiger partial charge in [-0.1, -0.05) is 29.8 Å². The van der Waals surface area contributed by atoms with Gasteiger partial charge in [0.2, 0.25) is 0 Å². The van der Waals surface area contributed by atoms with E-state index < -0.39 is 17.8 Å². The first-order chi connectivity index (χ1) is 15.8. The lowest BCUT2D eigenvalue weighted by atomic mass is 10.1. The van der Waals surface area contributed by atoms with E-state index in [1.165, 1.54) is 18.1 Å². The number of aryl methyl sites for hydroxylation is 2. The lowest BCUT2D eigenvalue weighted by molar-refractivity contribution is -0.122. The highest BCUT2D eigenvalue weighted by Crippen LogP contribution is 2.28. The van der Waals surface area contributed by atoms with E-state index in [1.54, 1.807) is 42.5 Å². The molecule has 1 N–H and O–H groups in total. The van der Waals surface area contributed by atoms with Crippen LogP contribution in [-0.4, -0.2) is 30.0 Å². The van der Waals surface area contributed by atoms with Crippen molar-refractivity contribution in [3.05, 3.63) is 82.6 Å². The summed E-state index contributed by atoms with van der Waals surface area (Å²) in [5.41, 5.74) is 3.57. The lowest BCUT2D eigenvalue weighted by Gasteiger charge is -2.30. The highest BCUT2D eigenvalue weighted by molar-refractivity contribution is 7.80. The second-order valence-corrected chi connectivity index (χ2v) is 7.91. The first kappa shape index (κ1) is 22.2. The van der Waals surface area contributed by atoms with E-state index in [0.717, 1.165) is 16.7 Å². The Morgan fingerprint density at radius 3 is 2.45 bits per heavy atom. The topological polar surface area (TPSA) is 88.9 Å². The van der Waals surface area contributed by atoms with Gasteiger partial charge in [-0.15, -0.1) is 0 Å². The van der Waals surface area contributed by atoms with Gasteiger partial charge in [-0.2, -0.15) is 0 Å². The standard InChI is InChI=1S/C25H20N2O5S/c1-14-4-10-20(15(2)12-14)27-23(29)19(22(28)26-25(27)33)13-18-9-11-21(32-18)16-5-7-17(8-6-16)24(30)31-3/h4-13H,1-3H3,(H,26,28,33)/b19-13+. The highest BCUT2D eigenvalue weighted by Gasteiger charge is 2.35. The van der Waals surface area contributed by atoms with Crippen molar-refractivity contribution in [2.45, 2.75) is 13.8 Å². The van der Waals surface area contributed by atoms with E-state index in [9.17, 15) is 14.4 Å². The molecule has 4 rings (SSSR count). The first-order valence-corrected chi connectivity index (χ1v) is 10.5. The number of methoxy groups -OCH3 is 1. The van der Waals surface area contributed by atoms with Crippen LogP contribution in [0, 0.1) is 13.8 Å². The summed E-state index contributed by atoms with van der Waals surface area (Å²) in [7, 11) is 1.32. The molecule has 0 atom stereocenters. The predicted octanol–water partition coefficient (Wildman–Crippen LogP) is 4.18. The summed E-state index contributed by atoms with van der Waals surface area (Å²) in [6.45, 7) is 3.83. The van der Waals surface area contributed by atoms with Gasteiger partial charge in [0.1, 0.15) is 17.1 Å². The van der Waals surface area contributed by atoms with Crippen LogP contribution in [0.15, 0.2) is 64.6 Å². The van der Waals surface area contributed by atoms with E-state index in [4.69, 9.17) is 21.4 Å². The number of nitrogens with zero attached hydrogens (tertiary/aromatic N) is 1. The van der Waals surface area contributed by atoms with Crippen molar-refractivity contribution < 1.29 is 23.5 Å². The zero-order valence-corrected chi connectivity index (χ0v) is 19.0. The molecule has 2 amide bonds. The minimum absolute atomic E-state index is 0.0277. The van der Waals surface area contributed by atoms with Crippen LogP contribution in [0.25, 0.3) is 17.4 Å². The Hall–Kier alpha value is -4.04. The molecule has 0 unspecified atom stereocenters. The molecule has 1 aliphatic heterocycles. The summed E-state index contributed by atoms with van der Waals surface area (Å²) in [5.74, 6) is -0.709. The van der Waals surface area contributed by atoms with Crippen LogP contribution in [0.1, 0.15) is 27.2 Å². The molecule has 3 aromatic rings. The largest absolute Gasteiger partial charge is 0.465 e. The molecule has 0 spiro atoms. The molecule has 33 heavy (non-hydrogen) atoms. The number of ether oxygens (including phenoxy) is 1. The molecule has 1 aromatic heterocycles. The third-order valence-electron chi connectivity index (χ3n) is 5.20. The predicted molar refractivity (Wildman–Crippen MR) is 128 cm³/mol. The molecular weight excluding hydrogens is 440 g/mol. The van der Waals surface area contributed by atoms with Crippen LogP contribution in [0.5, 0.6) is 0 Å². The summed E-state index contributed by atoms with van der Waals surface area (Å²) in [6, 6.07) is 15.7. The number of benzene rings is 2. The van der Waals surface area contributed by atoms with Gasteiger partial charge in [-0.05, 0) is 68.0 Å². The average Bonchev–Trinajstić information content (AvgIpc) is 3.26. The number of rotatable bonds is 4. The van der Waals surface area contributed by atoms with Crippen LogP contribution in [0.3, 0.4) is 0 Å². The lowest BCUT2D eigenvalue weighted by Crippen LogP contribution is -2.54. The Balaban J connectivity index is 1.64. The van der Waals surface area contributed by atoms with Gasteiger partial charge in [0.05, 0.1) is 18.4 Å². The number of anilines is 1. The van der Waals surface area contributed by atoms with Crippen LogP contribution in [-0.2, 0) is 14.3 Å². The molecule has 7 nitrogen and oxygen atoms in total. The van der Waals surface area contributed by atoms with E-state index in [2.05, 4.69) is 5.32 Å². The normalized spacial score (nSPS) is 15.1.